The first-order valence-corrected chi connectivity index (χ1v) is 7.91. The van der Waals surface area contributed by atoms with Crippen molar-refractivity contribution in [3.05, 3.63) is 16.7 Å². The first-order chi connectivity index (χ1) is 9.79. The molecule has 0 bridgehead atoms. The lowest BCUT2D eigenvalue weighted by Gasteiger charge is -2.26. The van der Waals surface area contributed by atoms with Gasteiger partial charge in [0.2, 0.25) is 0 Å². The minimum atomic E-state index is 0.606. The second-order valence-corrected chi connectivity index (χ2v) is 5.55. The van der Waals surface area contributed by atoms with Crippen molar-refractivity contribution < 1.29 is 4.74 Å². The minimum absolute atomic E-state index is 0.606. The van der Waals surface area contributed by atoms with E-state index in [1.165, 1.54) is 6.42 Å². The predicted molar refractivity (Wildman–Crippen MR) is 81.2 cm³/mol. The smallest absolute Gasteiger partial charge is 0.151 e. The average molecular weight is 301 g/mol. The zero-order chi connectivity index (χ0) is 14.2. The van der Waals surface area contributed by atoms with Crippen LogP contribution >= 0.6 is 11.6 Å². The molecule has 1 aromatic rings. The average Bonchev–Trinajstić information content (AvgIpc) is 2.83. The van der Waals surface area contributed by atoms with Gasteiger partial charge in [-0.25, -0.2) is 4.98 Å². The van der Waals surface area contributed by atoms with Gasteiger partial charge in [-0.1, -0.05) is 24.9 Å². The van der Waals surface area contributed by atoms with Gasteiger partial charge in [-0.05, 0) is 6.42 Å². The zero-order valence-electron chi connectivity index (χ0n) is 12.3. The van der Waals surface area contributed by atoms with Gasteiger partial charge in [0.1, 0.15) is 5.82 Å². The number of halogens is 1. The zero-order valence-corrected chi connectivity index (χ0v) is 13.0. The first-order valence-electron chi connectivity index (χ1n) is 7.53. The summed E-state index contributed by atoms with van der Waals surface area (Å²) in [6.07, 6.45) is 3.29. The molecule has 1 aliphatic heterocycles. The third-order valence-electron chi connectivity index (χ3n) is 3.55. The third-order valence-corrected chi connectivity index (χ3v) is 3.87. The van der Waals surface area contributed by atoms with E-state index in [-0.39, 0.29) is 0 Å². The van der Waals surface area contributed by atoms with Gasteiger partial charge in [-0.15, -0.1) is 0 Å². The number of morpholine rings is 1. The topological polar surface area (TPSA) is 53.2 Å². The van der Waals surface area contributed by atoms with Crippen molar-refractivity contribution >= 4 is 11.6 Å². The molecule has 2 N–H and O–H groups in total. The molecule has 2 rings (SSSR count). The molecule has 5 nitrogen and oxygen atoms in total. The Morgan fingerprint density at radius 3 is 2.95 bits per heavy atom. The summed E-state index contributed by atoms with van der Waals surface area (Å²) in [5, 5.41) is 4.03. The summed E-state index contributed by atoms with van der Waals surface area (Å²) in [7, 11) is 0. The minimum Gasteiger partial charge on any atom is -0.379 e. The molecule has 0 unspecified atom stereocenters. The van der Waals surface area contributed by atoms with Crippen LogP contribution < -0.4 is 5.32 Å². The van der Waals surface area contributed by atoms with E-state index in [2.05, 4.69) is 27.1 Å². The number of rotatable bonds is 8. The van der Waals surface area contributed by atoms with Crippen LogP contribution in [-0.4, -0.2) is 54.3 Å². The van der Waals surface area contributed by atoms with Crippen molar-refractivity contribution in [3.8, 4) is 0 Å². The molecule has 0 atom stereocenters. The van der Waals surface area contributed by atoms with E-state index in [4.69, 9.17) is 16.3 Å². The highest BCUT2D eigenvalue weighted by atomic mass is 35.5. The van der Waals surface area contributed by atoms with Crippen molar-refractivity contribution in [2.24, 2.45) is 0 Å². The van der Waals surface area contributed by atoms with Crippen molar-refractivity contribution in [2.45, 2.75) is 32.7 Å². The van der Waals surface area contributed by atoms with Crippen LogP contribution in [0.5, 0.6) is 0 Å². The number of aryl methyl sites for hydroxylation is 1. The molecule has 0 spiro atoms. The molecule has 0 aliphatic carbocycles. The van der Waals surface area contributed by atoms with Gasteiger partial charge in [0.25, 0.3) is 0 Å². The first kappa shape index (κ1) is 15.8. The number of H-pyrrole nitrogens is 1. The Kier molecular flexibility index (Phi) is 6.79. The normalized spacial score (nSPS) is 16.7. The van der Waals surface area contributed by atoms with Gasteiger partial charge in [-0.3, -0.25) is 4.90 Å². The summed E-state index contributed by atoms with van der Waals surface area (Å²) >= 11 is 6.14. The van der Waals surface area contributed by atoms with E-state index in [0.29, 0.717) is 5.15 Å². The van der Waals surface area contributed by atoms with Crippen molar-refractivity contribution in [1.82, 2.24) is 20.2 Å². The van der Waals surface area contributed by atoms with Crippen LogP contribution in [0, 0.1) is 0 Å². The van der Waals surface area contributed by atoms with Gasteiger partial charge in [0.15, 0.2) is 5.15 Å². The summed E-state index contributed by atoms with van der Waals surface area (Å²) in [6, 6.07) is 0. The van der Waals surface area contributed by atoms with Gasteiger partial charge >= 0.3 is 0 Å². The summed E-state index contributed by atoms with van der Waals surface area (Å²) in [4.78, 5) is 10.1. The van der Waals surface area contributed by atoms with E-state index in [9.17, 15) is 0 Å². The Morgan fingerprint density at radius 2 is 2.20 bits per heavy atom. The van der Waals surface area contributed by atoms with Crippen molar-refractivity contribution in [2.75, 3.05) is 39.4 Å². The number of nitrogens with one attached hydrogen (secondary N) is 2. The lowest BCUT2D eigenvalue weighted by molar-refractivity contribution is 0.0384. The van der Waals surface area contributed by atoms with Crippen LogP contribution in [0.4, 0.5) is 0 Å². The molecule has 114 valence electrons. The largest absolute Gasteiger partial charge is 0.379 e. The van der Waals surface area contributed by atoms with Crippen LogP contribution in [0.1, 0.15) is 31.3 Å². The Morgan fingerprint density at radius 1 is 1.40 bits per heavy atom. The van der Waals surface area contributed by atoms with Gasteiger partial charge in [-0.2, -0.15) is 0 Å². The SMILES string of the molecule is CCCCc1nc(Cl)c(CNCCN2CCOCC2)[nH]1. The summed E-state index contributed by atoms with van der Waals surface area (Å²) in [5.41, 5.74) is 1.000. The molecule has 6 heteroatoms. The quantitative estimate of drug-likeness (QED) is 0.719. The number of nitrogens with zero attached hydrogens (tertiary/aromatic N) is 2. The maximum Gasteiger partial charge on any atom is 0.151 e. The number of aromatic amines is 1. The molecule has 1 saturated heterocycles. The summed E-state index contributed by atoms with van der Waals surface area (Å²) < 4.78 is 5.33. The molecule has 20 heavy (non-hydrogen) atoms. The number of imidazole rings is 1. The lowest BCUT2D eigenvalue weighted by atomic mass is 10.2. The molecule has 2 heterocycles. The monoisotopic (exact) mass is 300 g/mol. The molecule has 0 saturated carbocycles. The number of aromatic nitrogens is 2. The Hall–Kier alpha value is -0.620. The maximum absolute atomic E-state index is 6.14. The van der Waals surface area contributed by atoms with E-state index in [1.807, 2.05) is 0 Å². The third kappa shape index (κ3) is 5.05. The number of hydrogen-bond donors (Lipinski definition) is 2. The number of ether oxygens (including phenoxy) is 1. The van der Waals surface area contributed by atoms with Gasteiger partial charge in [0.05, 0.1) is 18.9 Å². The maximum atomic E-state index is 6.14. The van der Waals surface area contributed by atoms with Crippen molar-refractivity contribution in [3.63, 3.8) is 0 Å². The molecule has 0 aromatic carbocycles. The second kappa shape index (κ2) is 8.62. The molecule has 1 aromatic heterocycles. The fourth-order valence-electron chi connectivity index (χ4n) is 2.29. The van der Waals surface area contributed by atoms with Crippen LogP contribution in [-0.2, 0) is 17.7 Å². The Balaban J connectivity index is 1.66. The van der Waals surface area contributed by atoms with Gasteiger partial charge < -0.3 is 15.0 Å². The summed E-state index contributed by atoms with van der Waals surface area (Å²) in [6.45, 7) is 8.72. The van der Waals surface area contributed by atoms with E-state index in [0.717, 1.165) is 70.3 Å². The predicted octanol–water partition coefficient (Wildman–Crippen LogP) is 1.83. The summed E-state index contributed by atoms with van der Waals surface area (Å²) in [5.74, 6) is 1.00. The highest BCUT2D eigenvalue weighted by molar-refractivity contribution is 6.30. The molecule has 1 aliphatic rings. The standard InChI is InChI=1S/C14H25ClN4O/c1-2-3-4-13-17-12(14(15)18-13)11-16-5-6-19-7-9-20-10-8-19/h16H,2-11H2,1H3,(H,17,18). The molecule has 0 radical (unpaired) electrons. The number of unbranched alkanes of at least 4 members (excludes halogenated alkanes) is 1. The van der Waals surface area contributed by atoms with Gasteiger partial charge in [0, 0.05) is 39.1 Å². The van der Waals surface area contributed by atoms with Crippen molar-refractivity contribution in [1.29, 1.82) is 0 Å². The highest BCUT2D eigenvalue weighted by Crippen LogP contribution is 2.13. The van der Waals surface area contributed by atoms with Crippen LogP contribution in [0.25, 0.3) is 0 Å². The molecular formula is C14H25ClN4O. The second-order valence-electron chi connectivity index (χ2n) is 5.19. The molecular weight excluding hydrogens is 276 g/mol. The Bertz CT molecular complexity index is 391. The van der Waals surface area contributed by atoms with E-state index < -0.39 is 0 Å². The molecule has 0 amide bonds. The van der Waals surface area contributed by atoms with E-state index in [1.54, 1.807) is 0 Å². The highest BCUT2D eigenvalue weighted by Gasteiger charge is 2.10. The fraction of sp³-hybridized carbons (Fsp3) is 0.786. The van der Waals surface area contributed by atoms with E-state index >= 15 is 0 Å². The van der Waals surface area contributed by atoms with Crippen LogP contribution in [0.2, 0.25) is 5.15 Å². The number of hydrogen-bond acceptors (Lipinski definition) is 4. The lowest BCUT2D eigenvalue weighted by Crippen LogP contribution is -2.40. The molecule has 1 fully saturated rings. The van der Waals surface area contributed by atoms with Crippen LogP contribution in [0.3, 0.4) is 0 Å². The van der Waals surface area contributed by atoms with Crippen LogP contribution in [0.15, 0.2) is 0 Å². The Labute approximate surface area is 126 Å². The fourth-order valence-corrected chi connectivity index (χ4v) is 2.51.